The van der Waals surface area contributed by atoms with Crippen LogP contribution >= 0.6 is 11.3 Å². The summed E-state index contributed by atoms with van der Waals surface area (Å²) in [5.74, 6) is -0.0946. The first-order valence-electron chi connectivity index (χ1n) is 7.78. The third-order valence-electron chi connectivity index (χ3n) is 4.57. The Bertz CT molecular complexity index is 788. The second-order valence-electron chi connectivity index (χ2n) is 6.78. The van der Waals surface area contributed by atoms with E-state index in [1.165, 1.54) is 5.56 Å². The van der Waals surface area contributed by atoms with Gasteiger partial charge in [-0.1, -0.05) is 12.1 Å². The number of rotatable bonds is 2. The summed E-state index contributed by atoms with van der Waals surface area (Å²) in [7, 11) is 0. The highest BCUT2D eigenvalue weighted by atomic mass is 32.1. The number of hydrogen-bond acceptors (Lipinski definition) is 6. The third kappa shape index (κ3) is 2.48. The number of nitrogen functional groups attached to an aromatic ring is 1. The molecule has 0 saturated heterocycles. The fraction of sp³-hybridized carbons (Fsp3) is 0.353. The Balaban J connectivity index is 1.80. The zero-order chi connectivity index (χ0) is 16.2. The van der Waals surface area contributed by atoms with Crippen LogP contribution in [-0.2, 0) is 5.79 Å². The summed E-state index contributed by atoms with van der Waals surface area (Å²) in [4.78, 5) is 4.85. The molecule has 1 aromatic carbocycles. The Kier molecular flexibility index (Phi) is 2.98. The topological polar surface area (TPSA) is 88.5 Å². The highest BCUT2D eigenvalue weighted by molar-refractivity contribution is 7.14. The van der Waals surface area contributed by atoms with Gasteiger partial charge in [-0.15, -0.1) is 11.3 Å². The first-order chi connectivity index (χ1) is 10.9. The van der Waals surface area contributed by atoms with Gasteiger partial charge >= 0.3 is 0 Å². The van der Waals surface area contributed by atoms with Gasteiger partial charge in [-0.3, -0.25) is 5.73 Å². The third-order valence-corrected chi connectivity index (χ3v) is 5.59. The lowest BCUT2D eigenvalue weighted by molar-refractivity contribution is 0.530. The van der Waals surface area contributed by atoms with Crippen molar-refractivity contribution in [3.05, 3.63) is 46.3 Å². The predicted octanol–water partition coefficient (Wildman–Crippen LogP) is 2.72. The number of hydrogen-bond donors (Lipinski definition) is 4. The maximum absolute atomic E-state index is 6.61. The van der Waals surface area contributed by atoms with E-state index in [1.807, 2.05) is 24.3 Å². The van der Waals surface area contributed by atoms with E-state index >= 15 is 0 Å². The fourth-order valence-corrected chi connectivity index (χ4v) is 3.83. The van der Waals surface area contributed by atoms with E-state index in [-0.39, 0.29) is 5.54 Å². The normalized spacial score (nSPS) is 24.4. The molecule has 23 heavy (non-hydrogen) atoms. The monoisotopic (exact) mass is 327 g/mol. The molecule has 1 aliphatic heterocycles. The largest absolute Gasteiger partial charge is 0.399 e. The van der Waals surface area contributed by atoms with Gasteiger partial charge in [0.2, 0.25) is 5.79 Å². The van der Waals surface area contributed by atoms with Gasteiger partial charge in [0.05, 0.1) is 5.56 Å². The fourth-order valence-electron chi connectivity index (χ4n) is 2.83. The average molecular weight is 327 g/mol. The molecule has 1 saturated carbocycles. The van der Waals surface area contributed by atoms with Gasteiger partial charge in [0, 0.05) is 16.8 Å². The van der Waals surface area contributed by atoms with Crippen molar-refractivity contribution in [2.24, 2.45) is 10.7 Å². The van der Waals surface area contributed by atoms with Crippen molar-refractivity contribution in [2.45, 2.75) is 38.0 Å². The molecule has 0 bridgehead atoms. The molecule has 2 heterocycles. The van der Waals surface area contributed by atoms with Crippen LogP contribution in [0.2, 0.25) is 0 Å². The van der Waals surface area contributed by atoms with E-state index in [2.05, 4.69) is 29.9 Å². The number of nitrogens with one attached hydrogen (secondary N) is 2. The molecule has 1 aliphatic carbocycles. The Hall–Kier alpha value is -2.05. The Morgan fingerprint density at radius 2 is 1.96 bits per heavy atom. The molecule has 120 valence electrons. The molecule has 1 atom stereocenters. The molecule has 4 rings (SSSR count). The summed E-state index contributed by atoms with van der Waals surface area (Å²) in [5, 5.41) is 10.2. The van der Waals surface area contributed by atoms with Crippen molar-refractivity contribution in [2.75, 3.05) is 11.1 Å². The number of amidine groups is 1. The van der Waals surface area contributed by atoms with E-state index in [1.54, 1.807) is 11.3 Å². The molecule has 2 aliphatic rings. The Labute approximate surface area is 139 Å². The number of anilines is 2. The van der Waals surface area contributed by atoms with Crippen LogP contribution in [0.4, 0.5) is 10.7 Å². The minimum absolute atomic E-state index is 0.143. The summed E-state index contributed by atoms with van der Waals surface area (Å²) in [6, 6.07) is 7.55. The van der Waals surface area contributed by atoms with E-state index in [4.69, 9.17) is 16.5 Å². The molecule has 1 aromatic heterocycles. The SMILES string of the molecule is Cc1csc2c1C(NC1(C)CC1)=NC(N)(c1ccc(N)cc1)N2. The number of nitrogens with zero attached hydrogens (tertiary/aromatic N) is 1. The van der Waals surface area contributed by atoms with Crippen LogP contribution in [0.3, 0.4) is 0 Å². The number of fused-ring (bicyclic) bond motifs is 1. The highest BCUT2D eigenvalue weighted by Gasteiger charge is 2.42. The van der Waals surface area contributed by atoms with Crippen LogP contribution in [0.25, 0.3) is 0 Å². The molecule has 2 aromatic rings. The van der Waals surface area contributed by atoms with E-state index < -0.39 is 5.79 Å². The van der Waals surface area contributed by atoms with Crippen molar-refractivity contribution in [1.82, 2.24) is 5.32 Å². The van der Waals surface area contributed by atoms with E-state index in [9.17, 15) is 0 Å². The summed E-state index contributed by atoms with van der Waals surface area (Å²) >= 11 is 1.67. The number of benzene rings is 1. The van der Waals surface area contributed by atoms with Crippen molar-refractivity contribution >= 4 is 27.9 Å². The van der Waals surface area contributed by atoms with Crippen molar-refractivity contribution in [3.63, 3.8) is 0 Å². The highest BCUT2D eigenvalue weighted by Crippen LogP contribution is 2.40. The number of nitrogens with two attached hydrogens (primary N) is 2. The summed E-state index contributed by atoms with van der Waals surface area (Å²) in [6.07, 6.45) is 2.33. The van der Waals surface area contributed by atoms with Gasteiger partial charge in [-0.05, 0) is 49.8 Å². The summed E-state index contributed by atoms with van der Waals surface area (Å²) in [6.45, 7) is 4.33. The second kappa shape index (κ2) is 4.72. The van der Waals surface area contributed by atoms with Gasteiger partial charge < -0.3 is 16.4 Å². The first-order valence-corrected chi connectivity index (χ1v) is 8.66. The standard InChI is InChI=1S/C17H21N5S/c1-10-9-23-15-13(10)14(20-16(2)7-8-16)21-17(19,22-15)11-3-5-12(18)6-4-11/h3-6,9,22H,7-8,18-19H2,1-2H3,(H,20,21). The molecular weight excluding hydrogens is 306 g/mol. The predicted molar refractivity (Wildman–Crippen MR) is 96.7 cm³/mol. The van der Waals surface area contributed by atoms with E-state index in [0.29, 0.717) is 5.69 Å². The zero-order valence-electron chi connectivity index (χ0n) is 13.3. The maximum atomic E-state index is 6.61. The average Bonchev–Trinajstić information content (AvgIpc) is 3.10. The molecule has 5 nitrogen and oxygen atoms in total. The Morgan fingerprint density at radius 3 is 2.61 bits per heavy atom. The molecule has 0 spiro atoms. The minimum atomic E-state index is -0.981. The van der Waals surface area contributed by atoms with Crippen LogP contribution in [0.15, 0.2) is 34.6 Å². The van der Waals surface area contributed by atoms with Gasteiger partial charge in [-0.2, -0.15) is 0 Å². The summed E-state index contributed by atoms with van der Waals surface area (Å²) < 4.78 is 0. The van der Waals surface area contributed by atoms with Gasteiger partial charge in [0.25, 0.3) is 0 Å². The van der Waals surface area contributed by atoms with Crippen LogP contribution in [0.5, 0.6) is 0 Å². The van der Waals surface area contributed by atoms with Gasteiger partial charge in [0.15, 0.2) is 0 Å². The van der Waals surface area contributed by atoms with Gasteiger partial charge in [0.1, 0.15) is 10.8 Å². The molecule has 6 heteroatoms. The molecule has 0 radical (unpaired) electrons. The lowest BCUT2D eigenvalue weighted by atomic mass is 10.0. The van der Waals surface area contributed by atoms with Gasteiger partial charge in [-0.25, -0.2) is 4.99 Å². The lowest BCUT2D eigenvalue weighted by Gasteiger charge is -2.34. The van der Waals surface area contributed by atoms with Crippen molar-refractivity contribution < 1.29 is 0 Å². The van der Waals surface area contributed by atoms with Crippen LogP contribution in [-0.4, -0.2) is 11.4 Å². The number of aryl methyl sites for hydroxylation is 1. The zero-order valence-corrected chi connectivity index (χ0v) is 14.1. The molecular formula is C17H21N5S. The van der Waals surface area contributed by atoms with Crippen molar-refractivity contribution in [3.8, 4) is 0 Å². The van der Waals surface area contributed by atoms with E-state index in [0.717, 1.165) is 34.8 Å². The molecule has 0 amide bonds. The van der Waals surface area contributed by atoms with Crippen LogP contribution < -0.4 is 22.1 Å². The molecule has 1 unspecified atom stereocenters. The lowest BCUT2D eigenvalue weighted by Crippen LogP contribution is -2.49. The molecule has 6 N–H and O–H groups in total. The van der Waals surface area contributed by atoms with Crippen molar-refractivity contribution in [1.29, 1.82) is 0 Å². The smallest absolute Gasteiger partial charge is 0.212 e. The quantitative estimate of drug-likeness (QED) is 0.639. The van der Waals surface area contributed by atoms with Crippen LogP contribution in [0.1, 0.15) is 36.5 Å². The van der Waals surface area contributed by atoms with Crippen LogP contribution in [0, 0.1) is 6.92 Å². The molecule has 1 fully saturated rings. The Morgan fingerprint density at radius 1 is 1.26 bits per heavy atom. The maximum Gasteiger partial charge on any atom is 0.212 e. The number of aliphatic imine (C=N–C) groups is 1. The first kappa shape index (κ1) is 14.5. The number of thiophene rings is 1. The summed E-state index contributed by atoms with van der Waals surface area (Å²) in [5.41, 5.74) is 16.5. The second-order valence-corrected chi connectivity index (χ2v) is 7.66. The minimum Gasteiger partial charge on any atom is -0.399 e.